The summed E-state index contributed by atoms with van der Waals surface area (Å²) in [5.74, 6) is 2.44. The van der Waals surface area contributed by atoms with Gasteiger partial charge in [-0.05, 0) is 24.8 Å². The summed E-state index contributed by atoms with van der Waals surface area (Å²) in [5, 5.41) is 4.04. The summed E-state index contributed by atoms with van der Waals surface area (Å²) in [6.07, 6.45) is 6.69. The van der Waals surface area contributed by atoms with E-state index in [1.54, 1.807) is 0 Å². The number of fused-ring (bicyclic) bond motifs is 2. The van der Waals surface area contributed by atoms with Crippen LogP contribution in [0.2, 0.25) is 0 Å². The van der Waals surface area contributed by atoms with Crippen molar-refractivity contribution in [1.29, 1.82) is 0 Å². The first-order valence-electron chi connectivity index (χ1n) is 6.69. The average molecular weight is 257 g/mol. The Bertz CT molecular complexity index is 643. The Hall–Kier alpha value is -1.91. The zero-order valence-electron chi connectivity index (χ0n) is 10.7. The highest BCUT2D eigenvalue weighted by molar-refractivity contribution is 5.85. The lowest BCUT2D eigenvalue weighted by molar-refractivity contribution is -0.122. The van der Waals surface area contributed by atoms with Crippen LogP contribution in [0.3, 0.4) is 0 Å². The lowest BCUT2D eigenvalue weighted by Crippen LogP contribution is -2.18. The molecule has 2 fully saturated rings. The second kappa shape index (κ2) is 3.79. The monoisotopic (exact) mass is 257 g/mol. The van der Waals surface area contributed by atoms with Gasteiger partial charge in [0.15, 0.2) is 0 Å². The summed E-state index contributed by atoms with van der Waals surface area (Å²) >= 11 is 0. The number of rotatable bonds is 2. The zero-order valence-corrected chi connectivity index (χ0v) is 10.7. The molecule has 0 aliphatic heterocycles. The van der Waals surface area contributed by atoms with E-state index in [1.165, 1.54) is 0 Å². The summed E-state index contributed by atoms with van der Waals surface area (Å²) in [5.41, 5.74) is 0.951. The van der Waals surface area contributed by atoms with E-state index in [9.17, 15) is 4.79 Å². The quantitative estimate of drug-likeness (QED) is 0.827. The summed E-state index contributed by atoms with van der Waals surface area (Å²) in [6.45, 7) is 0. The van der Waals surface area contributed by atoms with E-state index >= 15 is 0 Å². The average Bonchev–Trinajstić information content (AvgIpc) is 3.08. The summed E-state index contributed by atoms with van der Waals surface area (Å²) in [4.78, 5) is 16.3. The van der Waals surface area contributed by atoms with Crippen LogP contribution in [0.4, 0.5) is 0 Å². The maximum Gasteiger partial charge on any atom is 0.230 e. The zero-order chi connectivity index (χ0) is 13.0. The molecule has 0 saturated heterocycles. The van der Waals surface area contributed by atoms with Gasteiger partial charge >= 0.3 is 0 Å². The minimum absolute atomic E-state index is 0.120. The number of aromatic nitrogens is 3. The third-order valence-electron chi connectivity index (χ3n) is 4.41. The number of aryl methyl sites for hydroxylation is 1. The third-order valence-corrected chi connectivity index (χ3v) is 4.41. The van der Waals surface area contributed by atoms with Gasteiger partial charge in [0.2, 0.25) is 11.7 Å². The van der Waals surface area contributed by atoms with Crippen molar-refractivity contribution < 1.29 is 9.32 Å². The van der Waals surface area contributed by atoms with Crippen LogP contribution >= 0.6 is 0 Å². The van der Waals surface area contributed by atoms with E-state index in [-0.39, 0.29) is 11.8 Å². The van der Waals surface area contributed by atoms with Crippen LogP contribution in [0.5, 0.6) is 0 Å². The predicted octanol–water partition coefficient (Wildman–Crippen LogP) is 2.16. The largest absolute Gasteiger partial charge is 0.357 e. The van der Waals surface area contributed by atoms with Crippen LogP contribution in [0, 0.1) is 11.8 Å². The van der Waals surface area contributed by atoms with Gasteiger partial charge in [-0.3, -0.25) is 4.79 Å². The molecule has 98 valence electrons. The highest BCUT2D eigenvalue weighted by Gasteiger charge is 2.48. The topological polar surface area (TPSA) is 60.9 Å². The first-order valence-corrected chi connectivity index (χ1v) is 6.69. The van der Waals surface area contributed by atoms with Gasteiger partial charge in [0.25, 0.3) is 0 Å². The maximum atomic E-state index is 11.8. The normalized spacial score (nSPS) is 29.3. The Morgan fingerprint density at radius 2 is 2.21 bits per heavy atom. The van der Waals surface area contributed by atoms with E-state index < -0.39 is 0 Å². The fraction of sp³-hybridized carbons (Fsp3) is 0.500. The molecule has 0 N–H and O–H groups in total. The first-order chi connectivity index (χ1) is 9.20. The molecule has 5 heteroatoms. The fourth-order valence-electron chi connectivity index (χ4n) is 3.51. The number of hydrogen-bond donors (Lipinski definition) is 0. The summed E-state index contributed by atoms with van der Waals surface area (Å²) < 4.78 is 7.34. The number of ketones is 1. The Labute approximate surface area is 110 Å². The van der Waals surface area contributed by atoms with Crippen LogP contribution in [-0.2, 0) is 11.8 Å². The number of hydrogen-bond acceptors (Lipinski definition) is 4. The van der Waals surface area contributed by atoms with E-state index in [0.29, 0.717) is 23.4 Å². The molecule has 3 atom stereocenters. The Morgan fingerprint density at radius 1 is 1.37 bits per heavy atom. The van der Waals surface area contributed by atoms with Crippen molar-refractivity contribution in [2.24, 2.45) is 18.9 Å². The van der Waals surface area contributed by atoms with Gasteiger partial charge in [0.1, 0.15) is 5.78 Å². The van der Waals surface area contributed by atoms with E-state index in [2.05, 4.69) is 10.1 Å². The molecule has 0 amide bonds. The minimum Gasteiger partial charge on any atom is -0.357 e. The van der Waals surface area contributed by atoms with Gasteiger partial charge in [0.05, 0.1) is 0 Å². The van der Waals surface area contributed by atoms with Crippen molar-refractivity contribution in [3.63, 3.8) is 0 Å². The molecule has 2 bridgehead atoms. The third kappa shape index (κ3) is 1.64. The van der Waals surface area contributed by atoms with E-state index in [0.717, 1.165) is 24.8 Å². The van der Waals surface area contributed by atoms with Crippen LogP contribution in [0.1, 0.15) is 31.1 Å². The summed E-state index contributed by atoms with van der Waals surface area (Å²) in [7, 11) is 1.96. The molecule has 19 heavy (non-hydrogen) atoms. The van der Waals surface area contributed by atoms with Gasteiger partial charge in [-0.15, -0.1) is 0 Å². The molecule has 1 unspecified atom stereocenters. The molecule has 0 radical (unpaired) electrons. The highest BCUT2D eigenvalue weighted by atomic mass is 16.5. The van der Waals surface area contributed by atoms with Crippen molar-refractivity contribution >= 4 is 5.78 Å². The molecular formula is C14H15N3O2. The van der Waals surface area contributed by atoms with Crippen molar-refractivity contribution in [2.75, 3.05) is 0 Å². The Balaban J connectivity index is 1.64. The molecule has 5 nitrogen and oxygen atoms in total. The molecule has 0 aromatic carbocycles. The molecule has 2 aliphatic rings. The second-order valence-electron chi connectivity index (χ2n) is 5.74. The molecule has 2 aliphatic carbocycles. The van der Waals surface area contributed by atoms with Gasteiger partial charge in [-0.1, -0.05) is 5.16 Å². The van der Waals surface area contributed by atoms with Gasteiger partial charge < -0.3 is 9.09 Å². The lowest BCUT2D eigenvalue weighted by atomic mass is 9.88. The standard InChI is InChI=1S/C14H15N3O2/c1-17-3-2-9(7-17)13-15-14(19-16-13)11-5-8-4-10(11)12(18)6-8/h2-3,7-8,10-11H,4-6H2,1H3/t8-,10+,11?/m0/s1. The maximum absolute atomic E-state index is 11.8. The van der Waals surface area contributed by atoms with Crippen molar-refractivity contribution in [3.05, 3.63) is 24.4 Å². The van der Waals surface area contributed by atoms with Gasteiger partial charge in [-0.2, -0.15) is 4.98 Å². The van der Waals surface area contributed by atoms with Gasteiger partial charge in [-0.25, -0.2) is 0 Å². The van der Waals surface area contributed by atoms with Crippen LogP contribution in [-0.4, -0.2) is 20.5 Å². The smallest absolute Gasteiger partial charge is 0.230 e. The molecule has 0 spiro atoms. The van der Waals surface area contributed by atoms with Crippen LogP contribution < -0.4 is 0 Å². The minimum atomic E-state index is 0.120. The molecule has 2 heterocycles. The molecule has 2 aromatic rings. The summed E-state index contributed by atoms with van der Waals surface area (Å²) in [6, 6.07) is 1.96. The highest BCUT2D eigenvalue weighted by Crippen LogP contribution is 2.50. The second-order valence-corrected chi connectivity index (χ2v) is 5.74. The van der Waals surface area contributed by atoms with E-state index in [1.807, 2.05) is 30.1 Å². The van der Waals surface area contributed by atoms with Crippen molar-refractivity contribution in [2.45, 2.75) is 25.2 Å². The number of Topliss-reactive ketones (excluding diaryl/α,β-unsaturated/α-hetero) is 1. The first kappa shape index (κ1) is 11.0. The van der Waals surface area contributed by atoms with Crippen molar-refractivity contribution in [3.8, 4) is 11.4 Å². The molecule has 2 saturated carbocycles. The Kier molecular flexibility index (Phi) is 2.19. The van der Waals surface area contributed by atoms with Crippen LogP contribution in [0.25, 0.3) is 11.4 Å². The molecule has 4 rings (SSSR count). The van der Waals surface area contributed by atoms with Crippen LogP contribution in [0.15, 0.2) is 23.0 Å². The molecular weight excluding hydrogens is 242 g/mol. The number of nitrogens with zero attached hydrogens (tertiary/aromatic N) is 3. The van der Waals surface area contributed by atoms with E-state index in [4.69, 9.17) is 4.52 Å². The number of carbonyl (C=O) groups excluding carboxylic acids is 1. The fourth-order valence-corrected chi connectivity index (χ4v) is 3.51. The Morgan fingerprint density at radius 3 is 2.89 bits per heavy atom. The lowest BCUT2D eigenvalue weighted by Gasteiger charge is -2.16. The van der Waals surface area contributed by atoms with Gasteiger partial charge in [0, 0.05) is 43.3 Å². The SMILES string of the molecule is Cn1ccc(-c2noc(C3C[C@H]4CC(=O)[C@@H]3C4)n2)c1. The number of carbonyl (C=O) groups is 1. The molecule has 2 aromatic heterocycles. The predicted molar refractivity (Wildman–Crippen MR) is 67.3 cm³/mol. The van der Waals surface area contributed by atoms with Crippen molar-refractivity contribution in [1.82, 2.24) is 14.7 Å².